The lowest BCUT2D eigenvalue weighted by Crippen LogP contribution is -2.52. The maximum atomic E-state index is 6.17. The number of para-hydroxylation sites is 1. The quantitative estimate of drug-likeness (QED) is 0.467. The number of benzene rings is 2. The van der Waals surface area contributed by atoms with Crippen molar-refractivity contribution in [1.29, 1.82) is 0 Å². The molecule has 2 heteroatoms. The fourth-order valence-electron chi connectivity index (χ4n) is 4.35. The first-order chi connectivity index (χ1) is 12.2. The van der Waals surface area contributed by atoms with Gasteiger partial charge in [0.15, 0.2) is 0 Å². The molecular weight excluding hydrogens is 320 g/mol. The Labute approximate surface area is 153 Å². The van der Waals surface area contributed by atoms with Gasteiger partial charge in [-0.25, -0.2) is 0 Å². The van der Waals surface area contributed by atoms with Crippen LogP contribution in [0.25, 0.3) is 6.08 Å². The SMILES string of the molecule is C=CCOc1c(C)cccc1[Si](CC)(CC)C1C=Cc2ccccc21. The summed E-state index contributed by atoms with van der Waals surface area (Å²) in [5, 5.41) is 1.46. The fourth-order valence-corrected chi connectivity index (χ4v) is 9.30. The predicted molar refractivity (Wildman–Crippen MR) is 111 cm³/mol. The third kappa shape index (κ3) is 3.00. The van der Waals surface area contributed by atoms with Crippen LogP contribution in [0.4, 0.5) is 0 Å². The van der Waals surface area contributed by atoms with E-state index in [1.807, 2.05) is 6.08 Å². The molecule has 2 aromatic rings. The van der Waals surface area contributed by atoms with E-state index in [-0.39, 0.29) is 0 Å². The minimum Gasteiger partial charge on any atom is -0.489 e. The van der Waals surface area contributed by atoms with Gasteiger partial charge in [0, 0.05) is 5.54 Å². The number of fused-ring (bicyclic) bond motifs is 1. The van der Waals surface area contributed by atoms with Crippen LogP contribution in [0.3, 0.4) is 0 Å². The second kappa shape index (κ2) is 7.45. The van der Waals surface area contributed by atoms with Crippen molar-refractivity contribution in [1.82, 2.24) is 0 Å². The number of hydrogen-bond donors (Lipinski definition) is 0. The van der Waals surface area contributed by atoms with Gasteiger partial charge in [-0.2, -0.15) is 0 Å². The van der Waals surface area contributed by atoms with E-state index >= 15 is 0 Å². The molecule has 0 saturated heterocycles. The first-order valence-electron chi connectivity index (χ1n) is 9.28. The summed E-state index contributed by atoms with van der Waals surface area (Å²) in [6.07, 6.45) is 6.60. The van der Waals surface area contributed by atoms with Crippen molar-refractivity contribution in [3.63, 3.8) is 0 Å². The zero-order valence-corrected chi connectivity index (χ0v) is 16.6. The Hall–Kier alpha value is -2.06. The zero-order valence-electron chi connectivity index (χ0n) is 15.6. The molecule has 1 aliphatic rings. The van der Waals surface area contributed by atoms with Gasteiger partial charge in [-0.3, -0.25) is 0 Å². The van der Waals surface area contributed by atoms with Gasteiger partial charge in [0.2, 0.25) is 0 Å². The van der Waals surface area contributed by atoms with Gasteiger partial charge in [-0.1, -0.05) is 93.2 Å². The van der Waals surface area contributed by atoms with E-state index in [0.717, 1.165) is 5.75 Å². The molecule has 1 unspecified atom stereocenters. The molecule has 2 aromatic carbocycles. The largest absolute Gasteiger partial charge is 0.489 e. The Morgan fingerprint density at radius 1 is 1.08 bits per heavy atom. The van der Waals surface area contributed by atoms with Crippen molar-refractivity contribution < 1.29 is 4.74 Å². The molecule has 0 amide bonds. The Kier molecular flexibility index (Phi) is 5.29. The van der Waals surface area contributed by atoms with Gasteiger partial charge in [-0.15, -0.1) is 0 Å². The normalized spacial score (nSPS) is 15.9. The van der Waals surface area contributed by atoms with E-state index in [1.54, 1.807) is 0 Å². The summed E-state index contributed by atoms with van der Waals surface area (Å²) in [4.78, 5) is 0. The summed E-state index contributed by atoms with van der Waals surface area (Å²) in [6.45, 7) is 11.3. The molecule has 130 valence electrons. The van der Waals surface area contributed by atoms with Crippen molar-refractivity contribution in [2.75, 3.05) is 6.61 Å². The van der Waals surface area contributed by atoms with Gasteiger partial charge in [0.25, 0.3) is 0 Å². The topological polar surface area (TPSA) is 9.23 Å². The molecule has 0 saturated carbocycles. The summed E-state index contributed by atoms with van der Waals surface area (Å²) in [5.74, 6) is 1.09. The van der Waals surface area contributed by atoms with Crippen LogP contribution in [-0.4, -0.2) is 14.7 Å². The average molecular weight is 349 g/mol. The molecule has 0 aromatic heterocycles. The average Bonchev–Trinajstić information content (AvgIpc) is 3.07. The van der Waals surface area contributed by atoms with Gasteiger partial charge in [-0.05, 0) is 28.8 Å². The molecule has 0 aliphatic heterocycles. The molecule has 0 heterocycles. The maximum Gasteiger partial charge on any atom is 0.121 e. The van der Waals surface area contributed by atoms with Gasteiger partial charge in [0.1, 0.15) is 20.4 Å². The van der Waals surface area contributed by atoms with E-state index < -0.39 is 8.07 Å². The Balaban J connectivity index is 2.16. The van der Waals surface area contributed by atoms with E-state index in [9.17, 15) is 0 Å². The first-order valence-corrected chi connectivity index (χ1v) is 11.8. The molecule has 1 atom stereocenters. The van der Waals surface area contributed by atoms with E-state index in [1.165, 1.54) is 34.0 Å². The number of aryl methyl sites for hydroxylation is 1. The van der Waals surface area contributed by atoms with Gasteiger partial charge in [0.05, 0.1) is 0 Å². The molecule has 0 radical (unpaired) electrons. The Morgan fingerprint density at radius 3 is 2.56 bits per heavy atom. The van der Waals surface area contributed by atoms with Crippen molar-refractivity contribution in [2.24, 2.45) is 0 Å². The summed E-state index contributed by atoms with van der Waals surface area (Å²) >= 11 is 0. The number of ether oxygens (including phenoxy) is 1. The molecule has 0 fully saturated rings. The molecule has 0 N–H and O–H groups in total. The summed E-state index contributed by atoms with van der Waals surface area (Å²) in [5.41, 5.74) is 4.63. The lowest BCUT2D eigenvalue weighted by molar-refractivity contribution is 0.363. The lowest BCUT2D eigenvalue weighted by atomic mass is 10.1. The van der Waals surface area contributed by atoms with Crippen LogP contribution in [0.5, 0.6) is 5.75 Å². The molecule has 3 rings (SSSR count). The third-order valence-corrected chi connectivity index (χ3v) is 11.4. The highest BCUT2D eigenvalue weighted by Crippen LogP contribution is 2.42. The Bertz CT molecular complexity index is 786. The predicted octanol–water partition coefficient (Wildman–Crippen LogP) is 5.61. The maximum absolute atomic E-state index is 6.17. The van der Waals surface area contributed by atoms with Crippen LogP contribution in [0.2, 0.25) is 12.1 Å². The third-order valence-electron chi connectivity index (χ3n) is 5.75. The smallest absolute Gasteiger partial charge is 0.121 e. The highest BCUT2D eigenvalue weighted by molar-refractivity contribution is 6.94. The van der Waals surface area contributed by atoms with Crippen molar-refractivity contribution in [2.45, 2.75) is 38.4 Å². The van der Waals surface area contributed by atoms with Crippen LogP contribution in [0.15, 0.2) is 61.2 Å². The van der Waals surface area contributed by atoms with Crippen molar-refractivity contribution in [3.05, 3.63) is 77.9 Å². The summed E-state index contributed by atoms with van der Waals surface area (Å²) in [7, 11) is -1.81. The van der Waals surface area contributed by atoms with Crippen LogP contribution in [-0.2, 0) is 0 Å². The van der Waals surface area contributed by atoms with Crippen LogP contribution < -0.4 is 9.92 Å². The van der Waals surface area contributed by atoms with Crippen molar-refractivity contribution in [3.8, 4) is 5.75 Å². The molecular formula is C23H28OSi. The molecule has 0 spiro atoms. The number of rotatable bonds is 7. The van der Waals surface area contributed by atoms with E-state index in [0.29, 0.717) is 12.1 Å². The summed E-state index contributed by atoms with van der Waals surface area (Å²) in [6, 6.07) is 18.0. The van der Waals surface area contributed by atoms with Crippen molar-refractivity contribution >= 4 is 19.3 Å². The molecule has 0 bridgehead atoms. The van der Waals surface area contributed by atoms with E-state index in [4.69, 9.17) is 4.74 Å². The molecule has 1 aliphatic carbocycles. The molecule has 25 heavy (non-hydrogen) atoms. The lowest BCUT2D eigenvalue weighted by Gasteiger charge is -2.37. The zero-order chi connectivity index (χ0) is 17.9. The minimum atomic E-state index is -1.81. The highest BCUT2D eigenvalue weighted by Gasteiger charge is 2.43. The van der Waals surface area contributed by atoms with Crippen LogP contribution in [0, 0.1) is 6.92 Å². The highest BCUT2D eigenvalue weighted by atomic mass is 28.3. The minimum absolute atomic E-state index is 0.520. The molecule has 1 nitrogen and oxygen atoms in total. The van der Waals surface area contributed by atoms with E-state index in [2.05, 4.69) is 82.0 Å². The standard InChI is InChI=1S/C23H28OSi/c1-5-17-24-23-18(4)11-10-14-22(23)25(6-2,7-3)21-16-15-19-12-8-9-13-20(19)21/h5,8-16,21H,1,6-7,17H2,2-4H3. The summed E-state index contributed by atoms with van der Waals surface area (Å²) < 4.78 is 6.17. The number of hydrogen-bond acceptors (Lipinski definition) is 1. The Morgan fingerprint density at radius 2 is 1.84 bits per heavy atom. The monoisotopic (exact) mass is 348 g/mol. The second-order valence-electron chi connectivity index (χ2n) is 6.88. The van der Waals surface area contributed by atoms with Crippen LogP contribution >= 0.6 is 0 Å². The first kappa shape index (κ1) is 17.8. The van der Waals surface area contributed by atoms with Crippen LogP contribution in [0.1, 0.15) is 36.1 Å². The number of allylic oxidation sites excluding steroid dienone is 1. The van der Waals surface area contributed by atoms with Gasteiger partial charge < -0.3 is 4.74 Å². The fraction of sp³-hybridized carbons (Fsp3) is 0.304. The van der Waals surface area contributed by atoms with Gasteiger partial charge >= 0.3 is 0 Å². The second-order valence-corrected chi connectivity index (χ2v) is 11.8.